The zero-order valence-electron chi connectivity index (χ0n) is 20.7. The van der Waals surface area contributed by atoms with Crippen molar-refractivity contribution in [2.45, 2.75) is 12.7 Å². The van der Waals surface area contributed by atoms with E-state index >= 15 is 0 Å². The molecule has 0 aliphatic rings. The second-order valence-corrected chi connectivity index (χ2v) is 8.72. The molecule has 0 aliphatic carbocycles. The molecule has 0 radical (unpaired) electrons. The predicted molar refractivity (Wildman–Crippen MR) is 134 cm³/mol. The van der Waals surface area contributed by atoms with E-state index in [2.05, 4.69) is 25.2 Å². The summed E-state index contributed by atoms with van der Waals surface area (Å²) in [5.41, 5.74) is 1.11. The molecule has 12 heteroatoms. The van der Waals surface area contributed by atoms with Crippen LogP contribution in [0.15, 0.2) is 65.3 Å². The summed E-state index contributed by atoms with van der Waals surface area (Å²) >= 11 is 0. The van der Waals surface area contributed by atoms with E-state index in [1.165, 1.54) is 31.6 Å². The van der Waals surface area contributed by atoms with Gasteiger partial charge in [-0.15, -0.1) is 10.2 Å². The molecule has 0 amide bonds. The number of carbonyl (C=O) groups is 1. The van der Waals surface area contributed by atoms with Crippen LogP contribution in [0.3, 0.4) is 0 Å². The number of aryl methyl sites for hydroxylation is 1. The molecular formula is C27H21F4N5O3. The Balaban J connectivity index is 1.56. The van der Waals surface area contributed by atoms with Gasteiger partial charge in [-0.2, -0.15) is 13.2 Å². The van der Waals surface area contributed by atoms with Gasteiger partial charge in [0.25, 0.3) is 0 Å². The maximum atomic E-state index is 14.1. The molecule has 200 valence electrons. The average molecular weight is 539 g/mol. The molecule has 0 bridgehead atoms. The molecule has 0 fully saturated rings. The molecule has 5 aromatic rings. The number of carbonyl (C=O) groups excluding carboxylic acids is 1. The van der Waals surface area contributed by atoms with Crippen LogP contribution < -0.4 is 5.32 Å². The van der Waals surface area contributed by atoms with Crippen LogP contribution in [0, 0.1) is 5.82 Å². The van der Waals surface area contributed by atoms with E-state index in [1.54, 1.807) is 41.9 Å². The first kappa shape index (κ1) is 26.0. The molecular weight excluding hydrogens is 518 g/mol. The molecule has 5 rings (SSSR count). The topological polar surface area (TPSA) is 95.1 Å². The summed E-state index contributed by atoms with van der Waals surface area (Å²) in [6, 6.07) is 13.5. The Morgan fingerprint density at radius 2 is 1.87 bits per heavy atom. The minimum atomic E-state index is -4.70. The smallest absolute Gasteiger partial charge is 0.420 e. The Hall–Kier alpha value is -4.58. The first-order valence-electron chi connectivity index (χ1n) is 11.7. The van der Waals surface area contributed by atoms with E-state index in [-0.39, 0.29) is 30.1 Å². The summed E-state index contributed by atoms with van der Waals surface area (Å²) in [4.78, 5) is 15.7. The number of alkyl halides is 3. The van der Waals surface area contributed by atoms with Crippen LogP contribution in [-0.2, 0) is 29.3 Å². The fraction of sp³-hybridized carbons (Fsp3) is 0.185. The minimum absolute atomic E-state index is 0.0127. The van der Waals surface area contributed by atoms with Crippen molar-refractivity contribution in [3.63, 3.8) is 0 Å². The summed E-state index contributed by atoms with van der Waals surface area (Å²) < 4.78 is 67.7. The van der Waals surface area contributed by atoms with Crippen molar-refractivity contribution >= 4 is 17.1 Å². The lowest BCUT2D eigenvalue weighted by Gasteiger charge is -2.10. The Bertz CT molecular complexity index is 1680. The number of aromatic nitrogens is 4. The van der Waals surface area contributed by atoms with Gasteiger partial charge in [-0.25, -0.2) is 9.37 Å². The molecule has 3 aromatic carbocycles. The van der Waals surface area contributed by atoms with E-state index in [9.17, 15) is 22.4 Å². The number of halogens is 4. The van der Waals surface area contributed by atoms with E-state index in [0.29, 0.717) is 28.1 Å². The van der Waals surface area contributed by atoms with Gasteiger partial charge in [0, 0.05) is 24.7 Å². The molecule has 8 nitrogen and oxygen atoms in total. The minimum Gasteiger partial charge on any atom is -0.468 e. The van der Waals surface area contributed by atoms with Crippen LogP contribution in [0.4, 0.5) is 17.6 Å². The number of nitrogens with zero attached hydrogens (tertiary/aromatic N) is 4. The Morgan fingerprint density at radius 3 is 2.59 bits per heavy atom. The van der Waals surface area contributed by atoms with Crippen LogP contribution in [0.25, 0.3) is 45.1 Å². The summed E-state index contributed by atoms with van der Waals surface area (Å²) in [5.74, 6) is -0.568. The number of methoxy groups -OCH3 is 1. The molecule has 39 heavy (non-hydrogen) atoms. The first-order valence-corrected chi connectivity index (χ1v) is 11.7. The molecule has 0 saturated heterocycles. The molecule has 2 aromatic heterocycles. The van der Waals surface area contributed by atoms with Crippen LogP contribution >= 0.6 is 0 Å². The number of nitrogens with one attached hydrogen (secondary N) is 1. The van der Waals surface area contributed by atoms with Gasteiger partial charge in [0.2, 0.25) is 5.89 Å². The second kappa shape index (κ2) is 10.3. The van der Waals surface area contributed by atoms with Crippen LogP contribution in [-0.4, -0.2) is 39.4 Å². The number of hydrogen-bond acceptors (Lipinski definition) is 7. The maximum absolute atomic E-state index is 14.1. The van der Waals surface area contributed by atoms with Gasteiger partial charge < -0.3 is 19.0 Å². The molecule has 0 saturated carbocycles. The monoisotopic (exact) mass is 539 g/mol. The summed E-state index contributed by atoms with van der Waals surface area (Å²) in [6.45, 7) is -0.173. The lowest BCUT2D eigenvalue weighted by molar-refractivity contribution is -0.139. The largest absolute Gasteiger partial charge is 0.468 e. The van der Waals surface area contributed by atoms with Gasteiger partial charge in [0.15, 0.2) is 11.4 Å². The summed E-state index contributed by atoms with van der Waals surface area (Å²) in [7, 11) is 2.95. The Labute approximate surface area is 219 Å². The Morgan fingerprint density at radius 1 is 1.08 bits per heavy atom. The predicted octanol–water partition coefficient (Wildman–Crippen LogP) is 5.38. The number of hydrogen-bond donors (Lipinski definition) is 1. The van der Waals surface area contributed by atoms with Crippen molar-refractivity contribution in [2.24, 2.45) is 7.05 Å². The van der Waals surface area contributed by atoms with Crippen LogP contribution in [0.1, 0.15) is 11.1 Å². The zero-order valence-corrected chi connectivity index (χ0v) is 20.7. The van der Waals surface area contributed by atoms with Gasteiger partial charge in [0.05, 0.1) is 13.7 Å². The van der Waals surface area contributed by atoms with E-state index in [4.69, 9.17) is 4.42 Å². The van der Waals surface area contributed by atoms with Gasteiger partial charge in [-0.05, 0) is 53.1 Å². The lowest BCUT2D eigenvalue weighted by atomic mass is 9.97. The normalized spacial score (nSPS) is 11.7. The third-order valence-electron chi connectivity index (χ3n) is 6.04. The van der Waals surface area contributed by atoms with Crippen LogP contribution in [0.5, 0.6) is 0 Å². The number of ether oxygens (including phenoxy) is 1. The van der Waals surface area contributed by atoms with E-state index in [1.807, 2.05) is 0 Å². The fourth-order valence-corrected chi connectivity index (χ4v) is 4.21. The first-order chi connectivity index (χ1) is 18.6. The van der Waals surface area contributed by atoms with Crippen LogP contribution in [0.2, 0.25) is 0 Å². The van der Waals surface area contributed by atoms with Crippen molar-refractivity contribution in [1.82, 2.24) is 25.1 Å². The van der Waals surface area contributed by atoms with Crippen molar-refractivity contribution < 1.29 is 31.5 Å². The average Bonchev–Trinajstić information content (AvgIpc) is 3.53. The Kier molecular flexibility index (Phi) is 6.87. The highest BCUT2D eigenvalue weighted by Gasteiger charge is 2.35. The highest BCUT2D eigenvalue weighted by molar-refractivity contribution is 5.84. The van der Waals surface area contributed by atoms with E-state index < -0.39 is 29.1 Å². The molecule has 2 heterocycles. The SMILES string of the molecule is COC(=O)CNCc1cc(C(F)(F)F)c2oc(-c3cccc(-c4ccc(F)cc4-c4nncn4C)c3)nc2c1. The highest BCUT2D eigenvalue weighted by Crippen LogP contribution is 2.39. The van der Waals surface area contributed by atoms with Gasteiger partial charge >= 0.3 is 12.1 Å². The summed E-state index contributed by atoms with van der Waals surface area (Å²) in [6.07, 6.45) is -3.20. The maximum Gasteiger partial charge on any atom is 0.420 e. The second-order valence-electron chi connectivity index (χ2n) is 8.72. The number of fused-ring (bicyclic) bond motifs is 1. The zero-order chi connectivity index (χ0) is 27.7. The number of benzene rings is 3. The molecule has 0 spiro atoms. The molecule has 0 aliphatic heterocycles. The van der Waals surface area contributed by atoms with Crippen molar-refractivity contribution in [3.05, 3.63) is 77.9 Å². The quantitative estimate of drug-likeness (QED) is 0.219. The van der Waals surface area contributed by atoms with Crippen molar-refractivity contribution in [3.8, 4) is 34.0 Å². The standard InChI is InChI=1S/C27H21F4N5O3/c1-36-14-33-35-25(36)20-11-18(28)6-7-19(20)16-4-3-5-17(10-16)26-34-22-9-15(12-32-13-23(37)38-2)8-21(24(22)39-26)27(29,30)31/h3-11,14,32H,12-13H2,1-2H3. The van der Waals surface area contributed by atoms with Gasteiger partial charge in [-0.3, -0.25) is 4.79 Å². The van der Waals surface area contributed by atoms with Crippen molar-refractivity contribution in [1.29, 1.82) is 0 Å². The summed E-state index contributed by atoms with van der Waals surface area (Å²) in [5, 5.41) is 10.7. The fourth-order valence-electron chi connectivity index (χ4n) is 4.21. The molecule has 0 unspecified atom stereocenters. The van der Waals surface area contributed by atoms with E-state index in [0.717, 1.165) is 6.07 Å². The van der Waals surface area contributed by atoms with Gasteiger partial charge in [0.1, 0.15) is 23.2 Å². The molecule has 0 atom stereocenters. The van der Waals surface area contributed by atoms with Gasteiger partial charge in [-0.1, -0.05) is 18.2 Å². The number of oxazole rings is 1. The number of esters is 1. The number of rotatable bonds is 7. The molecule has 1 N–H and O–H groups in total. The van der Waals surface area contributed by atoms with Crippen molar-refractivity contribution in [2.75, 3.05) is 13.7 Å². The third kappa shape index (κ3) is 5.36. The highest BCUT2D eigenvalue weighted by atomic mass is 19.4. The third-order valence-corrected chi connectivity index (χ3v) is 6.04. The lowest BCUT2D eigenvalue weighted by Crippen LogP contribution is -2.23.